The Balaban J connectivity index is 0.00000694. The Morgan fingerprint density at radius 3 is 1.60 bits per heavy atom. The molecule has 1 aliphatic rings. The molecule has 0 bridgehead atoms. The Morgan fingerprint density at radius 2 is 0.929 bits per heavy atom. The molecule has 0 spiro atoms. The van der Waals surface area contributed by atoms with E-state index in [4.69, 9.17) is 9.72 Å². The van der Waals surface area contributed by atoms with Crippen molar-refractivity contribution in [2.75, 3.05) is 9.80 Å². The van der Waals surface area contributed by atoms with E-state index in [0.717, 1.165) is 89.3 Å². The minimum atomic E-state index is -0.171. The molecule has 1 aliphatic heterocycles. The summed E-state index contributed by atoms with van der Waals surface area (Å²) in [4.78, 5) is 9.84. The first-order valence-electron chi connectivity index (χ1n) is 28.8. The average molecular weight is 1270 g/mol. The molecular formula is C78H67N4OPt-3. The zero-order valence-corrected chi connectivity index (χ0v) is 51.4. The van der Waals surface area contributed by atoms with Crippen molar-refractivity contribution >= 4 is 44.6 Å². The summed E-state index contributed by atoms with van der Waals surface area (Å²) in [5.74, 6) is 1.97. The van der Waals surface area contributed by atoms with Crippen molar-refractivity contribution in [3.63, 3.8) is 0 Å². The van der Waals surface area contributed by atoms with Gasteiger partial charge in [-0.1, -0.05) is 238 Å². The fourth-order valence-corrected chi connectivity index (χ4v) is 11.8. The van der Waals surface area contributed by atoms with E-state index in [1.807, 2.05) is 24.4 Å². The molecule has 5 nitrogen and oxygen atoms in total. The third kappa shape index (κ3) is 10.7. The number of ether oxygens (including phenoxy) is 1. The van der Waals surface area contributed by atoms with Crippen LogP contribution in [0.2, 0.25) is 0 Å². The standard InChI is InChI=1S/C78H67N4O.Pt/c1-76(2,3)59-38-33-53(34-39-59)57-37-44-70-67(46-57)66-43-42-63(48-73(66)82(70)74-49-69(78(7,8)9)68(50-79-74)54-23-14-11-15-24-54)83-62-28-19-27-61(47-62)80-51-81(72-32-17-16-31-71(72)80)75-64(55-35-40-60(41-36-55)77(4,5)6)29-20-30-65(75)58-26-18-25-56(45-58)52-21-12-10-13-22-52;/h10-46,49-51H,1-9H3;/q-3;. The summed E-state index contributed by atoms with van der Waals surface area (Å²) < 4.78 is 9.15. The summed E-state index contributed by atoms with van der Waals surface area (Å²) in [5.41, 5.74) is 21.1. The molecule has 0 aliphatic carbocycles. The molecule has 84 heavy (non-hydrogen) atoms. The van der Waals surface area contributed by atoms with Crippen LogP contribution < -0.4 is 14.5 Å². The van der Waals surface area contributed by atoms with Gasteiger partial charge in [0.05, 0.1) is 0 Å². The van der Waals surface area contributed by atoms with Crippen LogP contribution in [0.4, 0.5) is 22.7 Å². The Labute approximate surface area is 510 Å². The van der Waals surface area contributed by atoms with Gasteiger partial charge < -0.3 is 19.1 Å². The minimum Gasteiger partial charge on any atom is -0.509 e. The molecule has 0 N–H and O–H groups in total. The van der Waals surface area contributed by atoms with Crippen LogP contribution in [0.15, 0.2) is 237 Å². The molecule has 13 rings (SSSR count). The number of rotatable bonds is 10. The van der Waals surface area contributed by atoms with Crippen molar-refractivity contribution < 1.29 is 25.8 Å². The van der Waals surface area contributed by atoms with Crippen LogP contribution in [0.3, 0.4) is 0 Å². The van der Waals surface area contributed by atoms with Crippen molar-refractivity contribution in [3.05, 3.63) is 272 Å². The van der Waals surface area contributed by atoms with E-state index in [9.17, 15) is 0 Å². The van der Waals surface area contributed by atoms with Crippen molar-refractivity contribution in [3.8, 4) is 73.0 Å². The third-order valence-electron chi connectivity index (χ3n) is 16.2. The van der Waals surface area contributed by atoms with Gasteiger partial charge in [0.2, 0.25) is 0 Å². The van der Waals surface area contributed by atoms with Gasteiger partial charge in [-0.05, 0) is 108 Å². The second kappa shape index (κ2) is 22.1. The van der Waals surface area contributed by atoms with Gasteiger partial charge in [0.25, 0.3) is 0 Å². The zero-order chi connectivity index (χ0) is 57.2. The van der Waals surface area contributed by atoms with Crippen molar-refractivity contribution in [1.29, 1.82) is 0 Å². The maximum atomic E-state index is 6.90. The maximum Gasteiger partial charge on any atom is 0.135 e. The molecule has 6 heteroatoms. The minimum absolute atomic E-state index is 0. The number of para-hydroxylation sites is 3. The molecule has 0 fully saturated rings. The number of fused-ring (bicyclic) bond motifs is 4. The Hall–Kier alpha value is -8.76. The first-order valence-corrected chi connectivity index (χ1v) is 28.8. The van der Waals surface area contributed by atoms with Crippen LogP contribution in [-0.2, 0) is 37.3 Å². The van der Waals surface area contributed by atoms with Gasteiger partial charge in [0.15, 0.2) is 0 Å². The van der Waals surface area contributed by atoms with Crippen LogP contribution in [0, 0.1) is 18.8 Å². The average Bonchev–Trinajstić information content (AvgIpc) is 4.01. The van der Waals surface area contributed by atoms with Crippen LogP contribution in [-0.4, -0.2) is 9.55 Å². The predicted molar refractivity (Wildman–Crippen MR) is 348 cm³/mol. The summed E-state index contributed by atoms with van der Waals surface area (Å²) in [6.45, 7) is 22.6. The van der Waals surface area contributed by atoms with Gasteiger partial charge in [-0.25, -0.2) is 4.98 Å². The molecule has 10 aromatic carbocycles. The first-order chi connectivity index (χ1) is 40.0. The number of hydrogen-bond acceptors (Lipinski definition) is 4. The van der Waals surface area contributed by atoms with E-state index in [2.05, 4.69) is 308 Å². The quantitative estimate of drug-likeness (QED) is 0.128. The number of pyridine rings is 1. The molecule has 418 valence electrons. The molecule has 0 saturated carbocycles. The fraction of sp³-hybridized carbons (Fsp3) is 0.154. The summed E-state index contributed by atoms with van der Waals surface area (Å²) in [5, 5.41) is 2.17. The van der Waals surface area contributed by atoms with E-state index in [-0.39, 0.29) is 37.3 Å². The summed E-state index contributed by atoms with van der Waals surface area (Å²) >= 11 is 0. The van der Waals surface area contributed by atoms with Crippen LogP contribution in [0.25, 0.3) is 83.3 Å². The monoisotopic (exact) mass is 1270 g/mol. The number of anilines is 4. The number of nitrogens with zero attached hydrogens (tertiary/aromatic N) is 4. The van der Waals surface area contributed by atoms with Gasteiger partial charge in [0, 0.05) is 78.0 Å². The van der Waals surface area contributed by atoms with E-state index in [1.54, 1.807) is 0 Å². The van der Waals surface area contributed by atoms with Gasteiger partial charge in [-0.3, -0.25) is 0 Å². The van der Waals surface area contributed by atoms with Gasteiger partial charge in [0.1, 0.15) is 5.82 Å². The molecule has 2 aromatic heterocycles. The molecule has 0 atom stereocenters. The van der Waals surface area contributed by atoms with Gasteiger partial charge in [-0.15, -0.1) is 48.1 Å². The molecule has 0 unspecified atom stereocenters. The van der Waals surface area contributed by atoms with E-state index >= 15 is 0 Å². The third-order valence-corrected chi connectivity index (χ3v) is 16.2. The zero-order valence-electron chi connectivity index (χ0n) is 49.1. The predicted octanol–water partition coefficient (Wildman–Crippen LogP) is 21.2. The Morgan fingerprint density at radius 1 is 0.405 bits per heavy atom. The van der Waals surface area contributed by atoms with Crippen molar-refractivity contribution in [2.24, 2.45) is 0 Å². The summed E-state index contributed by atoms with van der Waals surface area (Å²) in [6, 6.07) is 90.3. The first kappa shape index (κ1) is 55.8. The molecule has 0 radical (unpaired) electrons. The molecular weight excluding hydrogens is 1200 g/mol. The number of hydrogen-bond donors (Lipinski definition) is 0. The molecule has 0 saturated heterocycles. The summed E-state index contributed by atoms with van der Waals surface area (Å²) in [7, 11) is 0. The molecule has 3 heterocycles. The van der Waals surface area contributed by atoms with Crippen molar-refractivity contribution in [1.82, 2.24) is 9.55 Å². The topological polar surface area (TPSA) is 33.5 Å². The smallest absolute Gasteiger partial charge is 0.135 e. The number of benzene rings is 10. The van der Waals surface area contributed by atoms with Gasteiger partial charge in [-0.2, -0.15) is 12.1 Å². The molecule has 0 amide bonds. The van der Waals surface area contributed by atoms with E-state index in [0.29, 0.717) is 11.5 Å². The Bertz CT molecular complexity index is 4370. The maximum absolute atomic E-state index is 6.90. The van der Waals surface area contributed by atoms with Crippen molar-refractivity contribution in [2.45, 2.75) is 78.6 Å². The van der Waals surface area contributed by atoms with Crippen LogP contribution in [0.1, 0.15) is 79.0 Å². The van der Waals surface area contributed by atoms with E-state index < -0.39 is 0 Å². The van der Waals surface area contributed by atoms with Gasteiger partial charge >= 0.3 is 0 Å². The largest absolute Gasteiger partial charge is 0.509 e. The number of aromatic nitrogens is 2. The summed E-state index contributed by atoms with van der Waals surface area (Å²) in [6.07, 6.45) is 2.04. The van der Waals surface area contributed by atoms with Crippen LogP contribution >= 0.6 is 0 Å². The van der Waals surface area contributed by atoms with E-state index in [1.165, 1.54) is 33.4 Å². The molecule has 12 aromatic rings. The second-order valence-electron chi connectivity index (χ2n) is 25.0. The van der Waals surface area contributed by atoms with Crippen LogP contribution in [0.5, 0.6) is 11.5 Å². The SMILES string of the molecule is CC(C)(C)c1ccc(-c2ccc3c(c2)c2ccc(Oc4[c-]c(N5[CH-]N(c6c(-c7ccc(C(C)(C)C)cc7)cccc6-c6cccc(-c7ccccc7)c6)c6ccccc65)ccc4)[c-]c2n3-c2cc(C(C)(C)C)c(-c3ccccc3)cn2)cc1.[Pt]. The normalized spacial score (nSPS) is 12.6. The Kier molecular flexibility index (Phi) is 14.7. The fourth-order valence-electron chi connectivity index (χ4n) is 11.8. The second-order valence-corrected chi connectivity index (χ2v) is 25.0.